The lowest BCUT2D eigenvalue weighted by Gasteiger charge is -2.01. The predicted molar refractivity (Wildman–Crippen MR) is 57.3 cm³/mol. The number of carbonyl (C=O) groups excluding carboxylic acids is 2. The predicted octanol–water partition coefficient (Wildman–Crippen LogP) is 1.18. The van der Waals surface area contributed by atoms with Gasteiger partial charge < -0.3 is 14.8 Å². The number of alkyl carbamates (subject to hydrolysis) is 1. The Bertz CT molecular complexity index is 377. The number of rotatable bonds is 4. The van der Waals surface area contributed by atoms with Gasteiger partial charge in [-0.1, -0.05) is 0 Å². The second-order valence-corrected chi connectivity index (χ2v) is 3.63. The fourth-order valence-electron chi connectivity index (χ4n) is 0.920. The molecule has 16 heavy (non-hydrogen) atoms. The largest absolute Gasteiger partial charge is 0.464 e. The van der Waals surface area contributed by atoms with Gasteiger partial charge in [0.15, 0.2) is 5.69 Å². The summed E-state index contributed by atoms with van der Waals surface area (Å²) in [6, 6.07) is 0. The maximum absolute atomic E-state index is 11.1. The molecule has 1 rings (SSSR count). The van der Waals surface area contributed by atoms with Crippen molar-refractivity contribution in [2.45, 2.75) is 13.5 Å². The van der Waals surface area contributed by atoms with E-state index in [9.17, 15) is 9.59 Å². The molecule has 1 heterocycles. The Morgan fingerprint density at radius 1 is 1.56 bits per heavy atom. The van der Waals surface area contributed by atoms with Crippen molar-refractivity contribution in [1.29, 1.82) is 0 Å². The van der Waals surface area contributed by atoms with Crippen LogP contribution in [-0.2, 0) is 16.0 Å². The zero-order valence-electron chi connectivity index (χ0n) is 8.98. The first kappa shape index (κ1) is 12.4. The zero-order chi connectivity index (χ0) is 12.0. The van der Waals surface area contributed by atoms with E-state index in [1.165, 1.54) is 18.4 Å². The van der Waals surface area contributed by atoms with Gasteiger partial charge in [-0.05, 0) is 6.92 Å². The van der Waals surface area contributed by atoms with Gasteiger partial charge in [0.1, 0.15) is 5.01 Å². The van der Waals surface area contributed by atoms with E-state index in [1.54, 1.807) is 12.3 Å². The SMILES string of the molecule is CCOC(=O)NCc1nc(C(=O)OC)cs1. The van der Waals surface area contributed by atoms with Gasteiger partial charge in [-0.15, -0.1) is 11.3 Å². The van der Waals surface area contributed by atoms with Gasteiger partial charge in [0.2, 0.25) is 0 Å². The second-order valence-electron chi connectivity index (χ2n) is 2.69. The third kappa shape index (κ3) is 3.50. The van der Waals surface area contributed by atoms with Crippen LogP contribution in [0.15, 0.2) is 5.38 Å². The number of esters is 1. The summed E-state index contributed by atoms with van der Waals surface area (Å²) >= 11 is 1.27. The van der Waals surface area contributed by atoms with Gasteiger partial charge in [0, 0.05) is 5.38 Å². The topological polar surface area (TPSA) is 77.5 Å². The highest BCUT2D eigenvalue weighted by Gasteiger charge is 2.11. The molecule has 0 unspecified atom stereocenters. The summed E-state index contributed by atoms with van der Waals surface area (Å²) in [6.07, 6.45) is -0.502. The summed E-state index contributed by atoms with van der Waals surface area (Å²) in [5, 5.41) is 4.70. The lowest BCUT2D eigenvalue weighted by atomic mass is 10.5. The van der Waals surface area contributed by atoms with E-state index < -0.39 is 12.1 Å². The minimum absolute atomic E-state index is 0.237. The van der Waals surface area contributed by atoms with Gasteiger partial charge in [-0.3, -0.25) is 0 Å². The Labute approximate surface area is 96.6 Å². The molecule has 0 spiro atoms. The van der Waals surface area contributed by atoms with E-state index in [1.807, 2.05) is 0 Å². The first-order valence-electron chi connectivity index (χ1n) is 4.60. The van der Waals surface area contributed by atoms with Crippen LogP contribution in [0.5, 0.6) is 0 Å². The smallest absolute Gasteiger partial charge is 0.407 e. The third-order valence-electron chi connectivity index (χ3n) is 1.61. The molecule has 0 aliphatic carbocycles. The summed E-state index contributed by atoms with van der Waals surface area (Å²) in [7, 11) is 1.29. The van der Waals surface area contributed by atoms with Crippen LogP contribution >= 0.6 is 11.3 Å². The molecule has 1 aromatic heterocycles. The molecule has 0 aromatic carbocycles. The van der Waals surface area contributed by atoms with Crippen molar-refractivity contribution in [3.63, 3.8) is 0 Å². The van der Waals surface area contributed by atoms with Gasteiger partial charge in [-0.2, -0.15) is 0 Å². The first-order valence-corrected chi connectivity index (χ1v) is 5.48. The van der Waals surface area contributed by atoms with Crippen molar-refractivity contribution < 1.29 is 19.1 Å². The maximum atomic E-state index is 11.1. The maximum Gasteiger partial charge on any atom is 0.407 e. The lowest BCUT2D eigenvalue weighted by Crippen LogP contribution is -2.23. The molecule has 0 atom stereocenters. The average Bonchev–Trinajstić information content (AvgIpc) is 2.74. The quantitative estimate of drug-likeness (QED) is 0.804. The molecule has 0 saturated heterocycles. The standard InChI is InChI=1S/C9H12N2O4S/c1-3-15-9(13)10-4-7-11-6(5-16-7)8(12)14-2/h5H,3-4H2,1-2H3,(H,10,13). The Morgan fingerprint density at radius 3 is 2.94 bits per heavy atom. The van der Waals surface area contributed by atoms with Crippen LogP contribution in [0.2, 0.25) is 0 Å². The number of aromatic nitrogens is 1. The Hall–Kier alpha value is -1.63. The van der Waals surface area contributed by atoms with E-state index in [0.29, 0.717) is 11.6 Å². The van der Waals surface area contributed by atoms with E-state index in [-0.39, 0.29) is 12.2 Å². The summed E-state index contributed by atoms with van der Waals surface area (Å²) in [4.78, 5) is 26.0. The summed E-state index contributed by atoms with van der Waals surface area (Å²) in [5.41, 5.74) is 0.244. The highest BCUT2D eigenvalue weighted by molar-refractivity contribution is 7.09. The Kier molecular flexibility index (Phi) is 4.71. The molecular formula is C9H12N2O4S. The molecule has 0 aliphatic rings. The molecule has 0 bridgehead atoms. The fourth-order valence-corrected chi connectivity index (χ4v) is 1.62. The minimum atomic E-state index is -0.502. The van der Waals surface area contributed by atoms with Gasteiger partial charge in [0.05, 0.1) is 20.3 Å². The molecule has 88 valence electrons. The van der Waals surface area contributed by atoms with Crippen LogP contribution in [0.1, 0.15) is 22.4 Å². The van der Waals surface area contributed by atoms with E-state index >= 15 is 0 Å². The monoisotopic (exact) mass is 244 g/mol. The third-order valence-corrected chi connectivity index (χ3v) is 2.45. The number of nitrogens with one attached hydrogen (secondary N) is 1. The number of hydrogen-bond donors (Lipinski definition) is 1. The molecule has 1 aromatic rings. The van der Waals surface area contributed by atoms with Gasteiger partial charge in [-0.25, -0.2) is 14.6 Å². The van der Waals surface area contributed by atoms with E-state index in [4.69, 9.17) is 0 Å². The molecule has 1 amide bonds. The summed E-state index contributed by atoms with van der Waals surface area (Å²) in [5.74, 6) is -0.487. The first-order chi connectivity index (χ1) is 7.67. The lowest BCUT2D eigenvalue weighted by molar-refractivity contribution is 0.0594. The van der Waals surface area contributed by atoms with E-state index in [0.717, 1.165) is 0 Å². The normalized spacial score (nSPS) is 9.62. The molecule has 6 nitrogen and oxygen atoms in total. The number of methoxy groups -OCH3 is 1. The summed E-state index contributed by atoms with van der Waals surface area (Å²) < 4.78 is 9.18. The van der Waals surface area contributed by atoms with Gasteiger partial charge in [0.25, 0.3) is 0 Å². The van der Waals surface area contributed by atoms with Crippen molar-refractivity contribution in [3.8, 4) is 0 Å². The van der Waals surface area contributed by atoms with Crippen LogP contribution in [-0.4, -0.2) is 30.8 Å². The van der Waals surface area contributed by atoms with E-state index in [2.05, 4.69) is 19.8 Å². The summed E-state index contributed by atoms with van der Waals surface area (Å²) in [6.45, 7) is 2.27. The van der Waals surface area contributed by atoms with Crippen LogP contribution in [0.4, 0.5) is 4.79 Å². The number of thiazole rings is 1. The fraction of sp³-hybridized carbons (Fsp3) is 0.444. The number of ether oxygens (including phenoxy) is 2. The van der Waals surface area contributed by atoms with Crippen molar-refractivity contribution in [3.05, 3.63) is 16.1 Å². The molecule has 0 aliphatic heterocycles. The molecule has 0 saturated carbocycles. The number of hydrogen-bond acceptors (Lipinski definition) is 6. The molecule has 7 heteroatoms. The van der Waals surface area contributed by atoms with Crippen molar-refractivity contribution in [2.24, 2.45) is 0 Å². The molecule has 0 fully saturated rings. The molecule has 0 radical (unpaired) electrons. The zero-order valence-corrected chi connectivity index (χ0v) is 9.80. The number of amides is 1. The van der Waals surface area contributed by atoms with Crippen molar-refractivity contribution in [2.75, 3.05) is 13.7 Å². The van der Waals surface area contributed by atoms with Crippen molar-refractivity contribution >= 4 is 23.4 Å². The Morgan fingerprint density at radius 2 is 2.31 bits per heavy atom. The van der Waals surface area contributed by atoms with Crippen LogP contribution in [0.3, 0.4) is 0 Å². The molecule has 1 N–H and O–H groups in total. The van der Waals surface area contributed by atoms with Crippen LogP contribution < -0.4 is 5.32 Å². The highest BCUT2D eigenvalue weighted by atomic mass is 32.1. The van der Waals surface area contributed by atoms with Crippen LogP contribution in [0, 0.1) is 0 Å². The number of carbonyl (C=O) groups is 2. The van der Waals surface area contributed by atoms with Crippen LogP contribution in [0.25, 0.3) is 0 Å². The van der Waals surface area contributed by atoms with Crippen molar-refractivity contribution in [1.82, 2.24) is 10.3 Å². The van der Waals surface area contributed by atoms with Gasteiger partial charge >= 0.3 is 12.1 Å². The highest BCUT2D eigenvalue weighted by Crippen LogP contribution is 2.10. The number of nitrogens with zero attached hydrogens (tertiary/aromatic N) is 1. The average molecular weight is 244 g/mol. The minimum Gasteiger partial charge on any atom is -0.464 e. The molecular weight excluding hydrogens is 232 g/mol. The second kappa shape index (κ2) is 6.06. The Balaban J connectivity index is 2.46.